The third-order valence-corrected chi connectivity index (χ3v) is 0. The van der Waals surface area contributed by atoms with Gasteiger partial charge in [0.25, 0.3) is 0 Å². The Bertz CT molecular complexity index is 23.7. The molecule has 0 nitrogen and oxygen atoms in total. The molecule has 10 heavy (non-hydrogen) atoms. The molecule has 0 aliphatic carbocycles. The van der Waals surface area contributed by atoms with E-state index in [2.05, 4.69) is 0 Å². The third-order valence-electron chi connectivity index (χ3n) is 0. The van der Waals surface area contributed by atoms with E-state index in [1.807, 2.05) is 0 Å². The van der Waals surface area contributed by atoms with E-state index in [-0.39, 0.29) is 170 Å². The summed E-state index contributed by atoms with van der Waals surface area (Å²) in [5.74, 6) is 0. The first kappa shape index (κ1) is 116. The van der Waals surface area contributed by atoms with Crippen LogP contribution in [0.4, 0.5) is 0 Å². The van der Waals surface area contributed by atoms with Crippen LogP contribution >= 0.6 is 0 Å². The molecule has 10 heteroatoms. The monoisotopic (exact) mass is 656 g/mol. The van der Waals surface area contributed by atoms with Gasteiger partial charge in [-0.3, -0.25) is 0 Å². The van der Waals surface area contributed by atoms with E-state index in [0.29, 0.717) is 0 Å². The molecule has 0 aromatic heterocycles. The van der Waals surface area contributed by atoms with Gasteiger partial charge in [-0.25, -0.2) is 0 Å². The van der Waals surface area contributed by atoms with Gasteiger partial charge in [-0.2, -0.15) is 0 Å². The molecule has 0 bridgehead atoms. The molecule has 0 aliphatic heterocycles. The maximum Gasteiger partial charge on any atom is 4.00 e. The van der Waals surface area contributed by atoms with Gasteiger partial charge in [0, 0.05) is 0 Å². The van der Waals surface area contributed by atoms with Gasteiger partial charge in [-0.1, -0.05) is 0 Å². The van der Waals surface area contributed by atoms with Crippen LogP contribution in [0.2, 0.25) is 0 Å². The molecule has 1 radical (unpaired) electrons. The minimum atomic E-state index is 0. The largest absolute Gasteiger partial charge is 4.00 e. The Morgan fingerprint density at radius 3 is 0.600 bits per heavy atom. The van der Waals surface area contributed by atoms with E-state index < -0.39 is 0 Å². The summed E-state index contributed by atoms with van der Waals surface area (Å²) in [6.45, 7) is 0. The van der Waals surface area contributed by atoms with E-state index in [0.717, 1.165) is 0 Å². The summed E-state index contributed by atoms with van der Waals surface area (Å²) in [7, 11) is 0. The van der Waals surface area contributed by atoms with E-state index in [1.165, 1.54) is 0 Å². The molecule has 0 saturated carbocycles. The average Bonchev–Trinajstić information content (AvgIpc) is 0. The molecule has 57 valence electrons. The number of rotatable bonds is 0. The maximum atomic E-state index is 0. The Hall–Kier alpha value is 5.09. The number of hydrogen-bond donors (Lipinski definition) is 0. The van der Waals surface area contributed by atoms with Gasteiger partial charge in [-0.15, -0.1) is 0 Å². The molecule has 0 atom stereocenters. The fourth-order valence-corrected chi connectivity index (χ4v) is 0. The summed E-state index contributed by atoms with van der Waals surface area (Å²) in [6, 6.07) is 0. The third kappa shape index (κ3) is 73.8. The van der Waals surface area contributed by atoms with Crippen LogP contribution in [0, 0.1) is 0 Å². The predicted molar refractivity (Wildman–Crippen MR) is 50.9 cm³/mol. The van der Waals surface area contributed by atoms with Crippen molar-refractivity contribution in [1.29, 1.82) is 0 Å². The van der Waals surface area contributed by atoms with E-state index >= 15 is 0 Å². The SMILES string of the molecule is [Cu+2].[Ge+4].[S-2].[S-2].[S-2].[Se-2].[Se-2].[Se-2].[Sn+4].[Zn+2]. The zero-order valence-electron chi connectivity index (χ0n) is 4.46. The van der Waals surface area contributed by atoms with Crippen molar-refractivity contribution in [3.05, 3.63) is 0 Å². The molecule has 0 spiro atoms. The fourth-order valence-electron chi connectivity index (χ4n) is 0. The van der Waals surface area contributed by atoms with Gasteiger partial charge in [0.1, 0.15) is 0 Å². The van der Waals surface area contributed by atoms with Gasteiger partial charge >= 0.3 is 78.1 Å². The van der Waals surface area contributed by atoms with Gasteiger partial charge in [0.2, 0.25) is 0 Å². The normalized spacial score (nSPS) is 0. The van der Waals surface area contributed by atoms with Crippen LogP contribution in [0.5, 0.6) is 0 Å². The second-order valence-electron chi connectivity index (χ2n) is 0. The smallest absolute Gasteiger partial charge is 2.00 e. The molecule has 0 amide bonds. The topological polar surface area (TPSA) is 0 Å². The Morgan fingerprint density at radius 1 is 0.600 bits per heavy atom. The van der Waals surface area contributed by atoms with Crippen LogP contribution in [-0.2, 0) is 77.0 Å². The maximum absolute atomic E-state index is 0. The molecule has 0 fully saturated rings. The molecule has 0 heterocycles. The van der Waals surface area contributed by atoms with Crippen LogP contribution in [-0.4, -0.2) is 92.7 Å². The molecule has 0 aromatic carbocycles. The van der Waals surface area contributed by atoms with E-state index in [9.17, 15) is 0 Å². The first-order valence-corrected chi connectivity index (χ1v) is 0. The molecule has 0 aromatic rings. The van der Waals surface area contributed by atoms with Crippen molar-refractivity contribution >= 4 is 133 Å². The minimum absolute atomic E-state index is 0. The van der Waals surface area contributed by atoms with Crippen molar-refractivity contribution in [3.63, 3.8) is 0 Å². The van der Waals surface area contributed by atoms with E-state index in [4.69, 9.17) is 0 Å². The standard InChI is InChI=1S/Cu.Ge.3S.3Se.Sn.Zn/q+2;+4;6*-2;+4;+2. The quantitative estimate of drug-likeness (QED) is 0.268. The molecule has 0 rings (SSSR count). The first-order valence-electron chi connectivity index (χ1n) is 0. The second-order valence-corrected chi connectivity index (χ2v) is 0. The minimum Gasteiger partial charge on any atom is -2.00 e. The van der Waals surface area contributed by atoms with Crippen molar-refractivity contribution in [2.75, 3.05) is 0 Å². The second kappa shape index (κ2) is 93.1. The van der Waals surface area contributed by atoms with Crippen molar-refractivity contribution in [2.24, 2.45) is 0 Å². The Labute approximate surface area is 166 Å². The molecule has 0 N–H and O–H groups in total. The fraction of sp³-hybridized carbons (Fsp3) is 0. The van der Waals surface area contributed by atoms with Crippen LogP contribution in [0.1, 0.15) is 0 Å². The zero-order valence-corrected chi connectivity index (χ0v) is 20.9. The molecule has 0 aliphatic rings. The number of hydrogen-bond acceptors (Lipinski definition) is 0. The molecular weight excluding hydrogens is 653 g/mol. The summed E-state index contributed by atoms with van der Waals surface area (Å²) in [6.07, 6.45) is 0. The van der Waals surface area contributed by atoms with Crippen molar-refractivity contribution in [2.45, 2.75) is 0 Å². The van der Waals surface area contributed by atoms with E-state index in [1.54, 1.807) is 0 Å². The Kier molecular flexibility index (Phi) is 1080. The van der Waals surface area contributed by atoms with Gasteiger partial charge in [0.05, 0.1) is 0 Å². The Morgan fingerprint density at radius 2 is 0.600 bits per heavy atom. The van der Waals surface area contributed by atoms with Crippen LogP contribution < -0.4 is 0 Å². The van der Waals surface area contributed by atoms with Crippen LogP contribution in [0.3, 0.4) is 0 Å². The summed E-state index contributed by atoms with van der Waals surface area (Å²) in [4.78, 5) is 0. The zero-order chi connectivity index (χ0) is 0. The molecule has 0 saturated heterocycles. The summed E-state index contributed by atoms with van der Waals surface area (Å²) in [5.41, 5.74) is 0. The summed E-state index contributed by atoms with van der Waals surface area (Å²) < 4.78 is 0. The summed E-state index contributed by atoms with van der Waals surface area (Å²) >= 11 is 0. The molecule has 0 unspecified atom stereocenters. The van der Waals surface area contributed by atoms with Crippen LogP contribution in [0.15, 0.2) is 0 Å². The molecular formula is CuGeS3Se3SnZn. The van der Waals surface area contributed by atoms with Gasteiger partial charge in [-0.05, 0) is 0 Å². The predicted octanol–water partition coefficient (Wildman–Crippen LogP) is -1.92. The summed E-state index contributed by atoms with van der Waals surface area (Å²) in [5, 5.41) is 0. The Balaban J connectivity index is 0. The average molecular weight is 653 g/mol. The van der Waals surface area contributed by atoms with Crippen molar-refractivity contribution in [1.82, 2.24) is 0 Å². The van der Waals surface area contributed by atoms with Gasteiger partial charge < -0.3 is 91.7 Å². The van der Waals surface area contributed by atoms with Crippen LogP contribution in [0.25, 0.3) is 0 Å². The van der Waals surface area contributed by atoms with Crippen molar-refractivity contribution < 1.29 is 36.5 Å². The van der Waals surface area contributed by atoms with Gasteiger partial charge in [0.15, 0.2) is 0 Å². The first-order chi connectivity index (χ1) is 0. The van der Waals surface area contributed by atoms with Crippen molar-refractivity contribution in [3.8, 4) is 0 Å².